The van der Waals surface area contributed by atoms with Crippen molar-refractivity contribution in [3.05, 3.63) is 100 Å². The van der Waals surface area contributed by atoms with Gasteiger partial charge in [0.1, 0.15) is 31.4 Å². The molecule has 2 aliphatic rings. The molecule has 0 aromatic heterocycles. The summed E-state index contributed by atoms with van der Waals surface area (Å²) < 4.78 is 34.6. The van der Waals surface area contributed by atoms with Crippen LogP contribution < -0.4 is 14.2 Å². The van der Waals surface area contributed by atoms with E-state index in [1.165, 1.54) is 33.9 Å². The molecule has 0 bridgehead atoms. The maximum absolute atomic E-state index is 12.5. The number of quaternary nitrogens is 2. The molecule has 0 aliphatic carbocycles. The van der Waals surface area contributed by atoms with Crippen molar-refractivity contribution in [3.63, 3.8) is 0 Å². The number of hydrogen-bond donors (Lipinski definition) is 0. The first kappa shape index (κ1) is 39.8. The Morgan fingerprint density at radius 1 is 0.755 bits per heavy atom. The van der Waals surface area contributed by atoms with Crippen LogP contribution >= 0.6 is 0 Å². The molecular weight excluding hydrogens is 672 g/mol. The highest BCUT2D eigenvalue weighted by atomic mass is 16.5. The number of likely N-dealkylation sites (N-methyl/N-ethyl adjacent to an activating group) is 1. The van der Waals surface area contributed by atoms with E-state index in [0.717, 1.165) is 78.5 Å². The van der Waals surface area contributed by atoms with Crippen LogP contribution in [0.4, 0.5) is 0 Å². The first-order valence-electron chi connectivity index (χ1n) is 18.8. The van der Waals surface area contributed by atoms with Crippen LogP contribution in [-0.2, 0) is 43.2 Å². The highest BCUT2D eigenvalue weighted by Gasteiger charge is 2.39. The summed E-state index contributed by atoms with van der Waals surface area (Å²) in [6.07, 6.45) is 5.66. The van der Waals surface area contributed by atoms with Gasteiger partial charge < -0.3 is 37.4 Å². The highest BCUT2D eigenvalue weighted by Crippen LogP contribution is 2.39. The predicted molar refractivity (Wildman–Crippen MR) is 204 cm³/mol. The van der Waals surface area contributed by atoms with Gasteiger partial charge in [-0.25, -0.2) is 9.59 Å². The molecule has 2 aliphatic heterocycles. The molecule has 53 heavy (non-hydrogen) atoms. The Hall–Kier alpha value is -4.38. The minimum atomic E-state index is -0.549. The maximum Gasteiger partial charge on any atom is 0.331 e. The molecule has 3 aromatic carbocycles. The zero-order chi connectivity index (χ0) is 37.8. The van der Waals surface area contributed by atoms with Gasteiger partial charge in [0, 0.05) is 49.0 Å². The predicted octanol–water partition coefficient (Wildman–Crippen LogP) is 6.09. The second-order valence-electron chi connectivity index (χ2n) is 14.7. The number of hydrogen-bond acceptors (Lipinski definition) is 8. The van der Waals surface area contributed by atoms with Crippen LogP contribution in [0.3, 0.4) is 0 Å². The number of ether oxygens (including phenoxy) is 6. The zero-order valence-electron chi connectivity index (χ0n) is 32.5. The lowest BCUT2D eigenvalue weighted by molar-refractivity contribution is -0.947. The van der Waals surface area contributed by atoms with Crippen molar-refractivity contribution in [2.24, 2.45) is 0 Å². The van der Waals surface area contributed by atoms with Gasteiger partial charge in [-0.05, 0) is 72.5 Å². The van der Waals surface area contributed by atoms with Crippen LogP contribution in [0.15, 0.2) is 66.7 Å². The Morgan fingerprint density at radius 2 is 1.38 bits per heavy atom. The second-order valence-corrected chi connectivity index (χ2v) is 14.7. The average Bonchev–Trinajstić information content (AvgIpc) is 3.17. The SMILES string of the molecule is COc1ccc(C[C@@H]2c3cc(C)c(C)cc3CC[N@@+]2(C)CCCOC(=O)/C=C\C(=O)OCCC[N+]2(Cc3ccc(OC)c(OC)c3)CCOCC2)cc1. The van der Waals surface area contributed by atoms with Crippen molar-refractivity contribution in [2.45, 2.75) is 52.1 Å². The van der Waals surface area contributed by atoms with E-state index in [9.17, 15) is 9.59 Å². The lowest BCUT2D eigenvalue weighted by Gasteiger charge is -2.46. The van der Waals surface area contributed by atoms with Crippen molar-refractivity contribution in [1.82, 2.24) is 0 Å². The van der Waals surface area contributed by atoms with E-state index >= 15 is 0 Å². The van der Waals surface area contributed by atoms with Gasteiger partial charge >= 0.3 is 11.9 Å². The number of morpholine rings is 1. The van der Waals surface area contributed by atoms with Crippen LogP contribution in [0.1, 0.15) is 52.3 Å². The molecule has 2 atom stereocenters. The molecule has 3 aromatic rings. The smallest absolute Gasteiger partial charge is 0.331 e. The molecule has 5 rings (SSSR count). The molecule has 0 spiro atoms. The van der Waals surface area contributed by atoms with Gasteiger partial charge in [0.15, 0.2) is 11.5 Å². The summed E-state index contributed by atoms with van der Waals surface area (Å²) in [6.45, 7) is 11.6. The average molecular weight is 731 g/mol. The summed E-state index contributed by atoms with van der Waals surface area (Å²) >= 11 is 0. The number of aryl methyl sites for hydroxylation is 2. The number of fused-ring (bicyclic) bond motifs is 1. The number of rotatable bonds is 17. The Bertz CT molecular complexity index is 1720. The van der Waals surface area contributed by atoms with Crippen molar-refractivity contribution in [3.8, 4) is 17.2 Å². The van der Waals surface area contributed by atoms with Gasteiger partial charge in [-0.1, -0.05) is 18.2 Å². The summed E-state index contributed by atoms with van der Waals surface area (Å²) in [6, 6.07) is 19.4. The van der Waals surface area contributed by atoms with Crippen molar-refractivity contribution in [2.75, 3.05) is 87.5 Å². The van der Waals surface area contributed by atoms with Crippen LogP contribution in [0.2, 0.25) is 0 Å². The molecule has 2 heterocycles. The summed E-state index contributed by atoms with van der Waals surface area (Å²) in [5.74, 6) is 1.17. The Kier molecular flexibility index (Phi) is 14.0. The molecular formula is C43H58N2O8+2. The zero-order valence-corrected chi connectivity index (χ0v) is 32.5. The lowest BCUT2D eigenvalue weighted by Crippen LogP contribution is -2.55. The molecule has 0 saturated carbocycles. The second kappa shape index (κ2) is 18.6. The summed E-state index contributed by atoms with van der Waals surface area (Å²) in [4.78, 5) is 25.0. The quantitative estimate of drug-likeness (QED) is 0.0715. The number of nitrogens with zero attached hydrogens (tertiary/aromatic N) is 2. The number of benzene rings is 3. The van der Waals surface area contributed by atoms with Crippen molar-refractivity contribution >= 4 is 11.9 Å². The minimum absolute atomic E-state index is 0.265. The molecule has 10 nitrogen and oxygen atoms in total. The summed E-state index contributed by atoms with van der Waals surface area (Å²) in [5, 5.41) is 0. The first-order chi connectivity index (χ1) is 25.6. The van der Waals surface area contributed by atoms with Gasteiger partial charge in [-0.3, -0.25) is 0 Å². The van der Waals surface area contributed by atoms with Crippen molar-refractivity contribution < 1.29 is 47.0 Å². The van der Waals surface area contributed by atoms with E-state index in [1.54, 1.807) is 21.3 Å². The van der Waals surface area contributed by atoms with Crippen LogP contribution in [-0.4, -0.2) is 108 Å². The fraction of sp³-hybridized carbons (Fsp3) is 0.488. The van der Waals surface area contributed by atoms with Gasteiger partial charge in [0.05, 0.1) is 74.4 Å². The normalized spacial score (nSPS) is 19.3. The van der Waals surface area contributed by atoms with Crippen LogP contribution in [0.25, 0.3) is 0 Å². The van der Waals surface area contributed by atoms with E-state index in [1.807, 2.05) is 24.3 Å². The van der Waals surface area contributed by atoms with E-state index in [2.05, 4.69) is 51.2 Å². The van der Waals surface area contributed by atoms with Crippen molar-refractivity contribution in [1.29, 1.82) is 0 Å². The van der Waals surface area contributed by atoms with Crippen LogP contribution in [0, 0.1) is 13.8 Å². The minimum Gasteiger partial charge on any atom is -0.497 e. The standard InChI is InChI=1S/C43H58N2O8/c1-32-27-36-17-20-44(3,39(38(36)28-33(32)2)29-34-9-12-37(48-4)13-10-34)18-7-23-52-42(46)15-16-43(47)53-24-8-19-45(21-25-51-26-22-45)31-35-11-14-40(49-5)41(30-35)50-6/h9-16,27-28,30,39H,7-8,17-26,29,31H2,1-6H3/q+2/b16-15-/t39-,44-/m1/s1. The Morgan fingerprint density at radius 3 is 2.02 bits per heavy atom. The van der Waals surface area contributed by atoms with Gasteiger partial charge in [-0.2, -0.15) is 0 Å². The monoisotopic (exact) mass is 730 g/mol. The molecule has 1 saturated heterocycles. The van der Waals surface area contributed by atoms with E-state index in [4.69, 9.17) is 28.4 Å². The van der Waals surface area contributed by atoms with Crippen LogP contribution in [0.5, 0.6) is 17.2 Å². The fourth-order valence-electron chi connectivity index (χ4n) is 7.84. The topological polar surface area (TPSA) is 89.5 Å². The number of carbonyl (C=O) groups excluding carboxylic acids is 2. The third-order valence-electron chi connectivity index (χ3n) is 11.2. The molecule has 286 valence electrons. The number of esters is 2. The summed E-state index contributed by atoms with van der Waals surface area (Å²) in [5.41, 5.74) is 7.91. The third kappa shape index (κ3) is 10.6. The molecule has 0 N–H and O–H groups in total. The summed E-state index contributed by atoms with van der Waals surface area (Å²) in [7, 11) is 7.28. The molecule has 0 amide bonds. The molecule has 1 fully saturated rings. The highest BCUT2D eigenvalue weighted by molar-refractivity contribution is 5.91. The number of methoxy groups -OCH3 is 3. The Balaban J connectivity index is 1.08. The van der Waals surface area contributed by atoms with Gasteiger partial charge in [0.25, 0.3) is 0 Å². The van der Waals surface area contributed by atoms with E-state index in [0.29, 0.717) is 37.6 Å². The number of carbonyl (C=O) groups is 2. The third-order valence-corrected chi connectivity index (χ3v) is 11.2. The van der Waals surface area contributed by atoms with E-state index < -0.39 is 11.9 Å². The fourth-order valence-corrected chi connectivity index (χ4v) is 7.84. The lowest BCUT2D eigenvalue weighted by atomic mass is 9.84. The molecule has 0 unspecified atom stereocenters. The molecule has 10 heteroatoms. The van der Waals surface area contributed by atoms with E-state index in [-0.39, 0.29) is 19.3 Å². The van der Waals surface area contributed by atoms with Gasteiger partial charge in [-0.15, -0.1) is 0 Å². The Labute approximate surface area is 315 Å². The molecule has 0 radical (unpaired) electrons. The maximum atomic E-state index is 12.5. The van der Waals surface area contributed by atoms with Gasteiger partial charge in [0.2, 0.25) is 0 Å². The first-order valence-corrected chi connectivity index (χ1v) is 18.8. The largest absolute Gasteiger partial charge is 0.497 e.